The quantitative estimate of drug-likeness (QED) is 0.180. The molecule has 0 unspecified atom stereocenters. The predicted octanol–water partition coefficient (Wildman–Crippen LogP) is 5.36. The van der Waals surface area contributed by atoms with E-state index in [0.717, 1.165) is 30.0 Å². The number of hydrogen-bond donors (Lipinski definition) is 2. The molecule has 2 saturated heterocycles. The molecule has 5 amide bonds. The molecule has 2 aliphatic heterocycles. The minimum Gasteiger partial charge on any atom is -0.343 e. The van der Waals surface area contributed by atoms with E-state index in [4.69, 9.17) is 0 Å². The summed E-state index contributed by atoms with van der Waals surface area (Å²) in [5.41, 5.74) is -0.296. The standard InChI is InChI=1S/C46H55N7O7S/c1-5-30-27-46(30,43(57)49-61(59,60)33-20-21-33)48-41(55)39-25-32(29-52(39)42(56)36(45(2,3)4)26-40(54)50-23-13-6-14-24-50)51(28-31-15-11-12-22-47-31)44(58)53-37-18-9-7-16-34(37)35-17-8-10-19-38(35)53/h5,7-12,15-19,22,30,32-33,36,39H,1,6,13-14,20-21,23-29H2,2-4H3,(H,48,55)(H,49,57)/t30-,32-,36-,39+,46-/m1/s1. The molecule has 15 heteroatoms. The smallest absolute Gasteiger partial charge is 0.329 e. The largest absolute Gasteiger partial charge is 0.343 e. The third-order valence-electron chi connectivity index (χ3n) is 13.1. The van der Waals surface area contributed by atoms with E-state index in [2.05, 4.69) is 21.6 Å². The highest BCUT2D eigenvalue weighted by atomic mass is 32.2. The van der Waals surface area contributed by atoms with Crippen molar-refractivity contribution in [1.82, 2.24) is 34.3 Å². The zero-order chi connectivity index (χ0) is 43.3. The number of likely N-dealkylation sites (tertiary alicyclic amines) is 2. The van der Waals surface area contributed by atoms with E-state index in [1.165, 1.54) is 11.0 Å². The fourth-order valence-electron chi connectivity index (χ4n) is 9.24. The van der Waals surface area contributed by atoms with Gasteiger partial charge in [-0.3, -0.25) is 33.5 Å². The second-order valence-corrected chi connectivity index (χ2v) is 20.2. The number of nitrogens with one attached hydrogen (secondary N) is 2. The van der Waals surface area contributed by atoms with E-state index in [-0.39, 0.29) is 44.3 Å². The zero-order valence-electron chi connectivity index (χ0n) is 35.1. The third kappa shape index (κ3) is 8.28. The molecule has 14 nitrogen and oxygen atoms in total. The van der Waals surface area contributed by atoms with E-state index in [1.54, 1.807) is 21.7 Å². The number of piperidine rings is 1. The fraction of sp³-hybridized carbons (Fsp3) is 0.478. The fourth-order valence-corrected chi connectivity index (χ4v) is 10.6. The van der Waals surface area contributed by atoms with Gasteiger partial charge in [-0.1, -0.05) is 69.3 Å². The summed E-state index contributed by atoms with van der Waals surface area (Å²) in [5, 5.41) is 4.01. The van der Waals surface area contributed by atoms with Crippen LogP contribution in [0.2, 0.25) is 0 Å². The molecule has 2 saturated carbocycles. The van der Waals surface area contributed by atoms with Crippen molar-refractivity contribution >= 4 is 61.5 Å². The summed E-state index contributed by atoms with van der Waals surface area (Å²) < 4.78 is 29.7. The summed E-state index contributed by atoms with van der Waals surface area (Å²) >= 11 is 0. The molecule has 61 heavy (non-hydrogen) atoms. The highest BCUT2D eigenvalue weighted by molar-refractivity contribution is 7.91. The van der Waals surface area contributed by atoms with E-state index in [9.17, 15) is 22.8 Å². The molecule has 5 atom stereocenters. The van der Waals surface area contributed by atoms with Gasteiger partial charge in [0.05, 0.1) is 40.5 Å². The Labute approximate surface area is 356 Å². The first-order chi connectivity index (χ1) is 29.1. The lowest BCUT2D eigenvalue weighted by Crippen LogP contribution is -2.57. The van der Waals surface area contributed by atoms with Crippen LogP contribution in [0.1, 0.15) is 77.8 Å². The Bertz CT molecular complexity index is 2440. The lowest BCUT2D eigenvalue weighted by molar-refractivity contribution is -0.148. The summed E-state index contributed by atoms with van der Waals surface area (Å²) in [4.78, 5) is 82.4. The molecule has 322 valence electrons. The minimum atomic E-state index is -3.94. The molecule has 2 N–H and O–H groups in total. The molecule has 0 bridgehead atoms. The van der Waals surface area contributed by atoms with Gasteiger partial charge >= 0.3 is 6.03 Å². The number of nitrogens with zero attached hydrogens (tertiary/aromatic N) is 5. The molecular weight excluding hydrogens is 795 g/mol. The van der Waals surface area contributed by atoms with Crippen LogP contribution >= 0.6 is 0 Å². The zero-order valence-corrected chi connectivity index (χ0v) is 35.9. The second-order valence-electron chi connectivity index (χ2n) is 18.2. The normalized spacial score (nSPS) is 23.4. The van der Waals surface area contributed by atoms with Gasteiger partial charge in [0.15, 0.2) is 0 Å². The average Bonchev–Trinajstić information content (AvgIpc) is 4.16. The van der Waals surface area contributed by atoms with Gasteiger partial charge in [0.1, 0.15) is 11.6 Å². The Morgan fingerprint density at radius 3 is 2.15 bits per heavy atom. The number of para-hydroxylation sites is 2. The Balaban J connectivity index is 1.17. The molecule has 4 fully saturated rings. The summed E-state index contributed by atoms with van der Waals surface area (Å²) in [5.74, 6) is -3.40. The van der Waals surface area contributed by atoms with E-state index < -0.39 is 67.9 Å². The monoisotopic (exact) mass is 849 g/mol. The van der Waals surface area contributed by atoms with Crippen LogP contribution in [0.15, 0.2) is 85.6 Å². The Morgan fingerprint density at radius 2 is 1.57 bits per heavy atom. The maximum absolute atomic E-state index is 15.3. The van der Waals surface area contributed by atoms with E-state index in [0.29, 0.717) is 42.7 Å². The van der Waals surface area contributed by atoms with Crippen molar-refractivity contribution in [1.29, 1.82) is 0 Å². The molecule has 4 heterocycles. The van der Waals surface area contributed by atoms with Crippen LogP contribution in [0.4, 0.5) is 4.79 Å². The van der Waals surface area contributed by atoms with Gasteiger partial charge in [0.25, 0.3) is 5.91 Å². The van der Waals surface area contributed by atoms with Crippen molar-refractivity contribution in [2.75, 3.05) is 19.6 Å². The average molecular weight is 850 g/mol. The van der Waals surface area contributed by atoms with E-state index in [1.807, 2.05) is 86.3 Å². The number of hydrogen-bond acceptors (Lipinski definition) is 8. The molecule has 0 spiro atoms. The SMILES string of the molecule is C=C[C@@H]1C[C@]1(NC(=O)[C@@H]1C[C@@H](N(Cc2ccccn2)C(=O)n2c3ccccc3c3ccccc32)CN1C(=O)[C@@H](CC(=O)N1CCCCC1)C(C)(C)C)C(=O)NS(=O)(=O)C1CC1. The Hall–Kier alpha value is -5.57. The molecule has 2 aliphatic carbocycles. The summed E-state index contributed by atoms with van der Waals surface area (Å²) in [7, 11) is -3.94. The number of benzene rings is 2. The van der Waals surface area contributed by atoms with Crippen molar-refractivity contribution in [3.63, 3.8) is 0 Å². The van der Waals surface area contributed by atoms with Crippen molar-refractivity contribution in [2.24, 2.45) is 17.3 Å². The van der Waals surface area contributed by atoms with Gasteiger partial charge in [-0.2, -0.15) is 0 Å². The molecule has 0 radical (unpaired) electrons. The lowest BCUT2D eigenvalue weighted by Gasteiger charge is -2.37. The second kappa shape index (κ2) is 16.4. The Kier molecular flexibility index (Phi) is 11.3. The lowest BCUT2D eigenvalue weighted by atomic mass is 9.77. The van der Waals surface area contributed by atoms with Crippen molar-refractivity contribution in [3.8, 4) is 0 Å². The van der Waals surface area contributed by atoms with Gasteiger partial charge in [0, 0.05) is 48.9 Å². The highest BCUT2D eigenvalue weighted by Crippen LogP contribution is 2.46. The summed E-state index contributed by atoms with van der Waals surface area (Å²) in [6.45, 7) is 10.8. The number of fused-ring (bicyclic) bond motifs is 3. The number of aromatic nitrogens is 2. The molecule has 2 aromatic heterocycles. The number of carbonyl (C=O) groups excluding carboxylic acids is 5. The van der Waals surface area contributed by atoms with Gasteiger partial charge in [-0.15, -0.1) is 6.58 Å². The molecule has 4 aromatic rings. The first-order valence-electron chi connectivity index (χ1n) is 21.4. The number of rotatable bonds is 12. The molecule has 4 aliphatic rings. The van der Waals surface area contributed by atoms with Crippen LogP contribution in [-0.2, 0) is 35.7 Å². The van der Waals surface area contributed by atoms with Crippen LogP contribution in [0, 0.1) is 17.3 Å². The number of sulfonamides is 1. The molecular formula is C46H55N7O7S. The maximum Gasteiger partial charge on any atom is 0.329 e. The van der Waals surface area contributed by atoms with Crippen LogP contribution in [0.25, 0.3) is 21.8 Å². The number of amides is 5. The third-order valence-corrected chi connectivity index (χ3v) is 14.9. The van der Waals surface area contributed by atoms with Crippen LogP contribution in [0.3, 0.4) is 0 Å². The first kappa shape index (κ1) is 42.1. The van der Waals surface area contributed by atoms with Crippen LogP contribution in [-0.4, -0.2) is 105 Å². The van der Waals surface area contributed by atoms with Gasteiger partial charge < -0.3 is 20.0 Å². The van der Waals surface area contributed by atoms with Gasteiger partial charge in [-0.05, 0) is 74.6 Å². The summed E-state index contributed by atoms with van der Waals surface area (Å²) in [6.07, 6.45) is 6.97. The van der Waals surface area contributed by atoms with Crippen molar-refractivity contribution in [2.45, 2.75) is 102 Å². The topological polar surface area (TPSA) is 171 Å². The highest BCUT2D eigenvalue weighted by Gasteiger charge is 2.62. The van der Waals surface area contributed by atoms with Gasteiger partial charge in [0.2, 0.25) is 27.7 Å². The van der Waals surface area contributed by atoms with Crippen LogP contribution in [0.5, 0.6) is 0 Å². The molecule has 8 rings (SSSR count). The van der Waals surface area contributed by atoms with Crippen molar-refractivity contribution in [3.05, 3.63) is 91.3 Å². The predicted molar refractivity (Wildman–Crippen MR) is 231 cm³/mol. The Morgan fingerprint density at radius 1 is 0.934 bits per heavy atom. The first-order valence-corrected chi connectivity index (χ1v) is 23.0. The maximum atomic E-state index is 15.3. The number of carbonyl (C=O) groups is 5. The van der Waals surface area contributed by atoms with E-state index >= 15 is 9.59 Å². The number of pyridine rings is 1. The summed E-state index contributed by atoms with van der Waals surface area (Å²) in [6, 6.07) is 18.5. The van der Waals surface area contributed by atoms with Gasteiger partial charge in [-0.25, -0.2) is 13.2 Å². The molecule has 2 aromatic carbocycles. The minimum absolute atomic E-state index is 0.00103. The van der Waals surface area contributed by atoms with Crippen molar-refractivity contribution < 1.29 is 32.4 Å². The van der Waals surface area contributed by atoms with Crippen LogP contribution < -0.4 is 10.0 Å².